The van der Waals surface area contributed by atoms with Crippen LogP contribution in [0.4, 0.5) is 0 Å². The molecule has 7 nitrogen and oxygen atoms in total. The summed E-state index contributed by atoms with van der Waals surface area (Å²) in [6.07, 6.45) is 0.879. The molecule has 0 aliphatic rings. The second-order valence-corrected chi connectivity index (χ2v) is 8.36. The molecule has 1 aromatic heterocycles. The Morgan fingerprint density at radius 1 is 1.16 bits per heavy atom. The molecule has 138 valence electrons. The van der Waals surface area contributed by atoms with Gasteiger partial charge >= 0.3 is 0 Å². The van der Waals surface area contributed by atoms with Gasteiger partial charge in [-0.05, 0) is 12.1 Å². The van der Waals surface area contributed by atoms with Crippen LogP contribution in [0.1, 0.15) is 26.5 Å². The van der Waals surface area contributed by atoms with E-state index in [2.05, 4.69) is 9.82 Å². The number of hydrogen-bond donors (Lipinski definition) is 1. The van der Waals surface area contributed by atoms with Crippen molar-refractivity contribution < 1.29 is 17.9 Å². The van der Waals surface area contributed by atoms with Gasteiger partial charge in [-0.15, -0.1) is 0 Å². The SMILES string of the molecule is COC(CNS(=O)(=O)c1cn(-c2ccccc2)nc1C(C)(C)C)OC. The zero-order chi connectivity index (χ0) is 18.7. The van der Waals surface area contributed by atoms with Gasteiger partial charge in [-0.3, -0.25) is 0 Å². The fourth-order valence-electron chi connectivity index (χ4n) is 2.31. The first-order valence-corrected chi connectivity index (χ1v) is 9.38. The van der Waals surface area contributed by atoms with Crippen molar-refractivity contribution >= 4 is 10.0 Å². The monoisotopic (exact) mass is 367 g/mol. The Balaban J connectivity index is 2.43. The van der Waals surface area contributed by atoms with Crippen molar-refractivity contribution in [2.24, 2.45) is 0 Å². The number of sulfonamides is 1. The average molecular weight is 367 g/mol. The smallest absolute Gasteiger partial charge is 0.244 e. The molecule has 0 atom stereocenters. The molecule has 0 radical (unpaired) electrons. The summed E-state index contributed by atoms with van der Waals surface area (Å²) in [5.74, 6) is 0. The predicted octanol–water partition coefficient (Wildman–Crippen LogP) is 2.07. The number of hydrogen-bond acceptors (Lipinski definition) is 5. The quantitative estimate of drug-likeness (QED) is 0.758. The van der Waals surface area contributed by atoms with E-state index in [0.29, 0.717) is 5.69 Å². The van der Waals surface area contributed by atoms with Crippen LogP contribution >= 0.6 is 0 Å². The largest absolute Gasteiger partial charge is 0.355 e. The fraction of sp³-hybridized carbons (Fsp3) is 0.471. The van der Waals surface area contributed by atoms with Crippen LogP contribution in [0.15, 0.2) is 41.4 Å². The molecule has 0 aliphatic heterocycles. The van der Waals surface area contributed by atoms with Crippen molar-refractivity contribution in [1.29, 1.82) is 0 Å². The van der Waals surface area contributed by atoms with E-state index in [0.717, 1.165) is 5.69 Å². The summed E-state index contributed by atoms with van der Waals surface area (Å²) >= 11 is 0. The summed E-state index contributed by atoms with van der Waals surface area (Å²) in [4.78, 5) is 0.148. The van der Waals surface area contributed by atoms with Crippen LogP contribution in [0.25, 0.3) is 5.69 Å². The highest BCUT2D eigenvalue weighted by atomic mass is 32.2. The molecule has 0 aliphatic carbocycles. The Hall–Kier alpha value is -1.74. The first-order chi connectivity index (χ1) is 11.7. The third-order valence-corrected chi connectivity index (χ3v) is 5.09. The van der Waals surface area contributed by atoms with Gasteiger partial charge in [-0.1, -0.05) is 39.0 Å². The summed E-state index contributed by atoms with van der Waals surface area (Å²) in [5, 5.41) is 4.52. The summed E-state index contributed by atoms with van der Waals surface area (Å²) in [6.45, 7) is 5.79. The highest BCUT2D eigenvalue weighted by Crippen LogP contribution is 2.28. The lowest BCUT2D eigenvalue weighted by Gasteiger charge is -2.18. The number of benzene rings is 1. The summed E-state index contributed by atoms with van der Waals surface area (Å²) in [6, 6.07) is 9.39. The minimum Gasteiger partial charge on any atom is -0.355 e. The molecule has 0 fully saturated rings. The van der Waals surface area contributed by atoms with Gasteiger partial charge in [-0.2, -0.15) is 5.10 Å². The van der Waals surface area contributed by atoms with Crippen LogP contribution < -0.4 is 4.72 Å². The Morgan fingerprint density at radius 3 is 2.28 bits per heavy atom. The minimum absolute atomic E-state index is 0.00936. The number of rotatable bonds is 7. The van der Waals surface area contributed by atoms with Crippen LogP contribution in [0.5, 0.6) is 0 Å². The van der Waals surface area contributed by atoms with Crippen LogP contribution in [-0.4, -0.2) is 45.3 Å². The van der Waals surface area contributed by atoms with Crippen molar-refractivity contribution in [1.82, 2.24) is 14.5 Å². The number of para-hydroxylation sites is 1. The maximum Gasteiger partial charge on any atom is 0.244 e. The fourth-order valence-corrected chi connectivity index (χ4v) is 3.66. The second-order valence-electron chi connectivity index (χ2n) is 6.62. The van der Waals surface area contributed by atoms with Crippen LogP contribution in [0.3, 0.4) is 0 Å². The Bertz CT molecular complexity index is 791. The van der Waals surface area contributed by atoms with E-state index in [1.165, 1.54) is 20.4 Å². The third-order valence-electron chi connectivity index (χ3n) is 3.67. The Morgan fingerprint density at radius 2 is 1.76 bits per heavy atom. The molecular formula is C17H25N3O4S. The van der Waals surface area contributed by atoms with Gasteiger partial charge < -0.3 is 9.47 Å². The van der Waals surface area contributed by atoms with Gasteiger partial charge in [0.05, 0.1) is 24.1 Å². The molecule has 8 heteroatoms. The van der Waals surface area contributed by atoms with Crippen LogP contribution in [0.2, 0.25) is 0 Å². The van der Waals surface area contributed by atoms with Crippen molar-refractivity contribution in [2.75, 3.05) is 20.8 Å². The lowest BCUT2D eigenvalue weighted by Crippen LogP contribution is -2.35. The molecule has 1 aromatic carbocycles. The standard InChI is InChI=1S/C17H25N3O4S/c1-17(2,3)16-14(25(21,22)18-11-15(23-4)24-5)12-20(19-16)13-9-7-6-8-10-13/h6-10,12,15,18H,11H2,1-5H3. The molecule has 2 rings (SSSR count). The van der Waals surface area contributed by atoms with Gasteiger partial charge in [0.25, 0.3) is 0 Å². The maximum atomic E-state index is 12.8. The first kappa shape index (κ1) is 19.6. The van der Waals surface area contributed by atoms with E-state index in [4.69, 9.17) is 9.47 Å². The van der Waals surface area contributed by atoms with Crippen LogP contribution in [0, 0.1) is 0 Å². The normalized spacial score (nSPS) is 12.7. The molecular weight excluding hydrogens is 342 g/mol. The lowest BCUT2D eigenvalue weighted by atomic mass is 9.92. The van der Waals surface area contributed by atoms with Gasteiger partial charge in [0.1, 0.15) is 4.90 Å². The third kappa shape index (κ3) is 4.66. The first-order valence-electron chi connectivity index (χ1n) is 7.90. The number of nitrogens with zero attached hydrogens (tertiary/aromatic N) is 2. The topological polar surface area (TPSA) is 82.5 Å². The van der Waals surface area contributed by atoms with E-state index >= 15 is 0 Å². The molecule has 0 amide bonds. The molecule has 0 bridgehead atoms. The zero-order valence-electron chi connectivity index (χ0n) is 15.2. The van der Waals surface area contributed by atoms with E-state index in [9.17, 15) is 8.42 Å². The van der Waals surface area contributed by atoms with E-state index in [1.807, 2.05) is 51.1 Å². The van der Waals surface area contributed by atoms with Crippen molar-refractivity contribution in [3.63, 3.8) is 0 Å². The molecule has 0 spiro atoms. The Labute approximate surface area is 149 Å². The maximum absolute atomic E-state index is 12.8. The van der Waals surface area contributed by atoms with Gasteiger partial charge in [-0.25, -0.2) is 17.8 Å². The number of ether oxygens (including phenoxy) is 2. The average Bonchev–Trinajstić information content (AvgIpc) is 3.03. The van der Waals surface area contributed by atoms with E-state index < -0.39 is 21.7 Å². The molecule has 0 saturated carbocycles. The summed E-state index contributed by atoms with van der Waals surface area (Å²) < 4.78 is 39.8. The minimum atomic E-state index is -3.77. The molecule has 2 aromatic rings. The predicted molar refractivity (Wildman–Crippen MR) is 95.3 cm³/mol. The summed E-state index contributed by atoms with van der Waals surface area (Å²) in [7, 11) is -0.860. The van der Waals surface area contributed by atoms with Gasteiger partial charge in [0, 0.05) is 19.6 Å². The molecule has 25 heavy (non-hydrogen) atoms. The zero-order valence-corrected chi connectivity index (χ0v) is 16.0. The number of aromatic nitrogens is 2. The summed E-state index contributed by atoms with van der Waals surface area (Å²) in [5.41, 5.74) is 0.850. The van der Waals surface area contributed by atoms with Crippen molar-refractivity contribution in [3.8, 4) is 5.69 Å². The van der Waals surface area contributed by atoms with Crippen LogP contribution in [-0.2, 0) is 24.9 Å². The molecule has 0 unspecified atom stereocenters. The van der Waals surface area contributed by atoms with Crippen molar-refractivity contribution in [2.45, 2.75) is 37.4 Å². The highest BCUT2D eigenvalue weighted by molar-refractivity contribution is 7.89. The number of nitrogens with one attached hydrogen (secondary N) is 1. The van der Waals surface area contributed by atoms with E-state index in [1.54, 1.807) is 4.68 Å². The van der Waals surface area contributed by atoms with Gasteiger partial charge in [0.2, 0.25) is 10.0 Å². The van der Waals surface area contributed by atoms with Gasteiger partial charge in [0.15, 0.2) is 6.29 Å². The number of methoxy groups -OCH3 is 2. The Kier molecular flexibility index (Phi) is 5.99. The second kappa shape index (κ2) is 7.65. The highest BCUT2D eigenvalue weighted by Gasteiger charge is 2.30. The lowest BCUT2D eigenvalue weighted by molar-refractivity contribution is -0.0960. The molecule has 1 heterocycles. The van der Waals surface area contributed by atoms with Crippen molar-refractivity contribution in [3.05, 3.63) is 42.2 Å². The molecule has 0 saturated heterocycles. The molecule has 1 N–H and O–H groups in total. The van der Waals surface area contributed by atoms with E-state index in [-0.39, 0.29) is 11.4 Å².